The Balaban J connectivity index is 1.88. The van der Waals surface area contributed by atoms with E-state index < -0.39 is 11.5 Å². The van der Waals surface area contributed by atoms with Crippen LogP contribution in [0.2, 0.25) is 0 Å². The van der Waals surface area contributed by atoms with Crippen LogP contribution < -0.4 is 10.9 Å². The van der Waals surface area contributed by atoms with E-state index >= 15 is 0 Å². The molecule has 0 bridgehead atoms. The zero-order valence-electron chi connectivity index (χ0n) is 14.6. The summed E-state index contributed by atoms with van der Waals surface area (Å²) in [7, 11) is 0. The largest absolute Gasteiger partial charge is 0.322 e. The normalized spacial score (nSPS) is 13.1. The van der Waals surface area contributed by atoms with E-state index in [9.17, 15) is 14.4 Å². The first kappa shape index (κ1) is 17.0. The third-order valence-electron chi connectivity index (χ3n) is 4.71. The van der Waals surface area contributed by atoms with Crippen LogP contribution >= 0.6 is 0 Å². The van der Waals surface area contributed by atoms with Gasteiger partial charge in [0.2, 0.25) is 0 Å². The zero-order valence-corrected chi connectivity index (χ0v) is 14.6. The third kappa shape index (κ3) is 3.19. The van der Waals surface area contributed by atoms with E-state index in [1.807, 2.05) is 24.3 Å². The fourth-order valence-corrected chi connectivity index (χ4v) is 3.42. The van der Waals surface area contributed by atoms with Crippen LogP contribution in [0.1, 0.15) is 39.3 Å². The van der Waals surface area contributed by atoms with E-state index in [0.29, 0.717) is 41.9 Å². The number of fused-ring (bicyclic) bond motifs is 1. The lowest BCUT2D eigenvalue weighted by molar-refractivity contribution is 0.0971. The van der Waals surface area contributed by atoms with Crippen LogP contribution in [0.5, 0.6) is 0 Å². The van der Waals surface area contributed by atoms with Crippen molar-refractivity contribution in [1.29, 1.82) is 0 Å². The van der Waals surface area contributed by atoms with Gasteiger partial charge in [-0.15, -0.1) is 0 Å². The Morgan fingerprint density at radius 2 is 1.56 bits per heavy atom. The predicted molar refractivity (Wildman–Crippen MR) is 104 cm³/mol. The van der Waals surface area contributed by atoms with E-state index in [2.05, 4.69) is 5.32 Å². The van der Waals surface area contributed by atoms with Crippen molar-refractivity contribution >= 4 is 17.4 Å². The molecule has 134 valence electrons. The monoisotopic (exact) mass is 358 g/mol. The van der Waals surface area contributed by atoms with E-state index in [0.717, 1.165) is 0 Å². The van der Waals surface area contributed by atoms with Gasteiger partial charge in [-0.05, 0) is 43.2 Å². The number of benzene rings is 2. The summed E-state index contributed by atoms with van der Waals surface area (Å²) in [6.07, 6.45) is 1.76. The highest BCUT2D eigenvalue weighted by atomic mass is 16.2. The minimum Gasteiger partial charge on any atom is -0.322 e. The number of para-hydroxylation sites is 2. The predicted octanol–water partition coefficient (Wildman–Crippen LogP) is 3.61. The quantitative estimate of drug-likeness (QED) is 0.778. The Kier molecular flexibility index (Phi) is 4.42. The summed E-state index contributed by atoms with van der Waals surface area (Å²) in [5.74, 6) is -0.549. The molecule has 0 fully saturated rings. The van der Waals surface area contributed by atoms with Gasteiger partial charge in [-0.25, -0.2) is 0 Å². The van der Waals surface area contributed by atoms with Crippen molar-refractivity contribution in [3.05, 3.63) is 93.9 Å². The fraction of sp³-hybridized carbons (Fsp3) is 0.136. The van der Waals surface area contributed by atoms with Gasteiger partial charge in [0.25, 0.3) is 11.5 Å². The zero-order chi connectivity index (χ0) is 18.8. The summed E-state index contributed by atoms with van der Waals surface area (Å²) in [4.78, 5) is 38.4. The maximum Gasteiger partial charge on any atom is 0.268 e. The number of anilines is 1. The highest BCUT2D eigenvalue weighted by Gasteiger charge is 2.26. The second-order valence-electron chi connectivity index (χ2n) is 6.49. The molecule has 5 nitrogen and oxygen atoms in total. The van der Waals surface area contributed by atoms with Gasteiger partial charge in [0.15, 0.2) is 5.78 Å². The lowest BCUT2D eigenvalue weighted by Gasteiger charge is -2.21. The van der Waals surface area contributed by atoms with Crippen LogP contribution in [0.3, 0.4) is 0 Å². The summed E-state index contributed by atoms with van der Waals surface area (Å²) in [5, 5.41) is 2.74. The lowest BCUT2D eigenvalue weighted by atomic mass is 9.92. The number of aromatic nitrogens is 1. The van der Waals surface area contributed by atoms with E-state index in [-0.39, 0.29) is 11.3 Å². The number of amides is 1. The first-order valence-corrected chi connectivity index (χ1v) is 8.89. The molecule has 1 heterocycles. The molecule has 1 aromatic heterocycles. The Morgan fingerprint density at radius 3 is 2.26 bits per heavy atom. The number of hydrogen-bond acceptors (Lipinski definition) is 3. The molecule has 1 aliphatic rings. The maximum absolute atomic E-state index is 13.2. The number of carbonyl (C=O) groups is 2. The molecule has 0 aliphatic heterocycles. The minimum atomic E-state index is -0.517. The van der Waals surface area contributed by atoms with Gasteiger partial charge in [0.05, 0.1) is 0 Å². The molecule has 0 radical (unpaired) electrons. The Labute approximate surface area is 156 Å². The maximum atomic E-state index is 13.2. The van der Waals surface area contributed by atoms with Crippen LogP contribution in [0.15, 0.2) is 71.5 Å². The molecule has 0 saturated carbocycles. The molecule has 1 N–H and O–H groups in total. The van der Waals surface area contributed by atoms with Gasteiger partial charge in [0, 0.05) is 29.1 Å². The summed E-state index contributed by atoms with van der Waals surface area (Å²) in [6.45, 7) is 0. The molecule has 3 aromatic rings. The molecule has 0 spiro atoms. The molecular formula is C22H18N2O3. The molecular weight excluding hydrogens is 340 g/mol. The molecule has 0 unspecified atom stereocenters. The van der Waals surface area contributed by atoms with Gasteiger partial charge < -0.3 is 5.32 Å². The van der Waals surface area contributed by atoms with Crippen molar-refractivity contribution in [2.45, 2.75) is 19.3 Å². The number of nitrogens with one attached hydrogen (secondary N) is 1. The van der Waals surface area contributed by atoms with Crippen LogP contribution in [0, 0.1) is 0 Å². The highest BCUT2D eigenvalue weighted by Crippen LogP contribution is 2.23. The van der Waals surface area contributed by atoms with Gasteiger partial charge in [-0.2, -0.15) is 0 Å². The number of nitrogens with zero attached hydrogens (tertiary/aromatic N) is 1. The van der Waals surface area contributed by atoms with E-state index in [1.165, 1.54) is 10.6 Å². The summed E-state index contributed by atoms with van der Waals surface area (Å²) in [5.41, 5.74) is 1.95. The van der Waals surface area contributed by atoms with Crippen molar-refractivity contribution in [3.8, 4) is 5.69 Å². The first-order chi connectivity index (χ1) is 13.1. The van der Waals surface area contributed by atoms with Gasteiger partial charge in [-0.3, -0.25) is 19.0 Å². The molecule has 0 atom stereocenters. The van der Waals surface area contributed by atoms with Crippen LogP contribution in [-0.2, 0) is 6.42 Å². The Morgan fingerprint density at radius 1 is 0.889 bits per heavy atom. The topological polar surface area (TPSA) is 68.2 Å². The average molecular weight is 358 g/mol. The number of pyridine rings is 1. The number of hydrogen-bond donors (Lipinski definition) is 1. The number of carbonyl (C=O) groups excluding carboxylic acids is 2. The Hall–Kier alpha value is -3.47. The number of ketones is 1. The molecule has 5 heteroatoms. The van der Waals surface area contributed by atoms with Crippen LogP contribution in [0.25, 0.3) is 5.69 Å². The van der Waals surface area contributed by atoms with Crippen LogP contribution in [-0.4, -0.2) is 16.3 Å². The van der Waals surface area contributed by atoms with Gasteiger partial charge in [-0.1, -0.05) is 36.4 Å². The summed E-state index contributed by atoms with van der Waals surface area (Å²) in [6, 6.07) is 19.5. The summed E-state index contributed by atoms with van der Waals surface area (Å²) < 4.78 is 1.51. The molecule has 27 heavy (non-hydrogen) atoms. The molecule has 2 aromatic carbocycles. The molecule has 0 saturated heterocycles. The van der Waals surface area contributed by atoms with Crippen molar-refractivity contribution < 1.29 is 9.59 Å². The molecule has 1 amide bonds. The standard InChI is InChI=1S/C22H18N2O3/c25-20-13-7-12-19-17(20)14-18(21(26)23-15-8-3-1-4-9-15)22(27)24(19)16-10-5-2-6-11-16/h1-6,8-11,14H,7,12-13H2,(H,23,26). The highest BCUT2D eigenvalue weighted by molar-refractivity contribution is 6.06. The Bertz CT molecular complexity index is 1070. The second-order valence-corrected chi connectivity index (χ2v) is 6.49. The van der Waals surface area contributed by atoms with E-state index in [4.69, 9.17) is 0 Å². The SMILES string of the molecule is O=C1CCCc2c1cc(C(=O)Nc1ccccc1)c(=O)n2-c1ccccc1. The molecule has 1 aliphatic carbocycles. The minimum absolute atomic E-state index is 0.0308. The third-order valence-corrected chi connectivity index (χ3v) is 4.71. The first-order valence-electron chi connectivity index (χ1n) is 8.89. The lowest BCUT2D eigenvalue weighted by Crippen LogP contribution is -2.33. The van der Waals surface area contributed by atoms with Crippen molar-refractivity contribution in [3.63, 3.8) is 0 Å². The van der Waals surface area contributed by atoms with Gasteiger partial charge >= 0.3 is 0 Å². The molecule has 4 rings (SSSR count). The van der Waals surface area contributed by atoms with Crippen LogP contribution in [0.4, 0.5) is 5.69 Å². The smallest absolute Gasteiger partial charge is 0.268 e. The van der Waals surface area contributed by atoms with Crippen molar-refractivity contribution in [2.24, 2.45) is 0 Å². The number of Topliss-reactive ketones (excluding diaryl/α,β-unsaturated/α-hetero) is 1. The average Bonchev–Trinajstić information content (AvgIpc) is 2.69. The number of rotatable bonds is 3. The van der Waals surface area contributed by atoms with E-state index in [1.54, 1.807) is 36.4 Å². The van der Waals surface area contributed by atoms with Crippen molar-refractivity contribution in [1.82, 2.24) is 4.57 Å². The van der Waals surface area contributed by atoms with Gasteiger partial charge in [0.1, 0.15) is 5.56 Å². The van der Waals surface area contributed by atoms with Crippen molar-refractivity contribution in [2.75, 3.05) is 5.32 Å². The summed E-state index contributed by atoms with van der Waals surface area (Å²) >= 11 is 0. The second kappa shape index (κ2) is 7.03. The fourth-order valence-electron chi connectivity index (χ4n) is 3.42.